The normalized spacial score (nSPS) is 11.2. The van der Waals surface area contributed by atoms with E-state index >= 15 is 0 Å². The first-order chi connectivity index (χ1) is 9.22. The topological polar surface area (TPSA) is 90.1 Å². The molecule has 1 aromatic carbocycles. The number of aromatic carboxylic acids is 1. The average molecular weight is 258 g/mol. The molecule has 2 heterocycles. The highest BCUT2D eigenvalue weighted by atomic mass is 16.5. The summed E-state index contributed by atoms with van der Waals surface area (Å²) in [5, 5.41) is 17.4. The molecule has 19 heavy (non-hydrogen) atoms. The molecule has 0 bridgehead atoms. The Kier molecular flexibility index (Phi) is 2.60. The summed E-state index contributed by atoms with van der Waals surface area (Å²) in [6, 6.07) is 7.56. The SMILES string of the molecule is COCn1c2ccccc2c2nnc(C(=O)O)nc21. The van der Waals surface area contributed by atoms with Crippen molar-refractivity contribution in [2.24, 2.45) is 0 Å². The third kappa shape index (κ3) is 1.71. The Labute approximate surface area is 107 Å². The number of hydrogen-bond donors (Lipinski definition) is 1. The molecule has 0 fully saturated rings. The van der Waals surface area contributed by atoms with Crippen molar-refractivity contribution in [2.75, 3.05) is 7.11 Å². The monoisotopic (exact) mass is 258 g/mol. The molecule has 7 nitrogen and oxygen atoms in total. The third-order valence-corrected chi connectivity index (χ3v) is 2.82. The summed E-state index contributed by atoms with van der Waals surface area (Å²) < 4.78 is 6.90. The minimum Gasteiger partial charge on any atom is -0.475 e. The number of aromatic nitrogens is 4. The van der Waals surface area contributed by atoms with Crippen LogP contribution in [0.2, 0.25) is 0 Å². The quantitative estimate of drug-likeness (QED) is 0.761. The van der Waals surface area contributed by atoms with Gasteiger partial charge in [-0.25, -0.2) is 9.78 Å². The lowest BCUT2D eigenvalue weighted by atomic mass is 10.2. The van der Waals surface area contributed by atoms with Crippen molar-refractivity contribution in [3.8, 4) is 0 Å². The van der Waals surface area contributed by atoms with Gasteiger partial charge in [-0.2, -0.15) is 0 Å². The van der Waals surface area contributed by atoms with Gasteiger partial charge in [0, 0.05) is 12.5 Å². The maximum Gasteiger partial charge on any atom is 0.375 e. The number of carboxylic acid groups (broad SMARTS) is 1. The Morgan fingerprint density at radius 3 is 2.89 bits per heavy atom. The van der Waals surface area contributed by atoms with Gasteiger partial charge in [-0.3, -0.25) is 4.57 Å². The molecule has 1 N–H and O–H groups in total. The van der Waals surface area contributed by atoms with E-state index in [1.54, 1.807) is 11.7 Å². The van der Waals surface area contributed by atoms with Gasteiger partial charge in [0.1, 0.15) is 12.2 Å². The highest BCUT2D eigenvalue weighted by Crippen LogP contribution is 2.25. The molecule has 0 aliphatic heterocycles. The van der Waals surface area contributed by atoms with E-state index in [1.807, 2.05) is 24.3 Å². The second-order valence-electron chi connectivity index (χ2n) is 3.98. The molecule has 0 atom stereocenters. The second-order valence-corrected chi connectivity index (χ2v) is 3.98. The minimum atomic E-state index is -1.20. The van der Waals surface area contributed by atoms with Gasteiger partial charge in [-0.05, 0) is 6.07 Å². The lowest BCUT2D eigenvalue weighted by molar-refractivity contribution is 0.0682. The van der Waals surface area contributed by atoms with Gasteiger partial charge in [-0.1, -0.05) is 18.2 Å². The van der Waals surface area contributed by atoms with Crippen molar-refractivity contribution in [1.82, 2.24) is 19.7 Å². The van der Waals surface area contributed by atoms with E-state index < -0.39 is 5.97 Å². The number of para-hydroxylation sites is 1. The number of methoxy groups -OCH3 is 1. The van der Waals surface area contributed by atoms with Crippen LogP contribution in [0.3, 0.4) is 0 Å². The van der Waals surface area contributed by atoms with Crippen LogP contribution in [-0.4, -0.2) is 37.9 Å². The molecule has 0 amide bonds. The summed E-state index contributed by atoms with van der Waals surface area (Å²) in [5.74, 6) is -1.53. The summed E-state index contributed by atoms with van der Waals surface area (Å²) in [4.78, 5) is 15.0. The van der Waals surface area contributed by atoms with E-state index in [4.69, 9.17) is 9.84 Å². The molecule has 0 saturated heterocycles. The summed E-state index contributed by atoms with van der Waals surface area (Å²) in [6.07, 6.45) is 0. The number of hydrogen-bond acceptors (Lipinski definition) is 5. The van der Waals surface area contributed by atoms with Crippen LogP contribution in [-0.2, 0) is 11.5 Å². The lowest BCUT2D eigenvalue weighted by Gasteiger charge is -2.03. The van der Waals surface area contributed by atoms with Crippen molar-refractivity contribution in [3.63, 3.8) is 0 Å². The molecule has 3 rings (SSSR count). The molecular weight excluding hydrogens is 248 g/mol. The van der Waals surface area contributed by atoms with Gasteiger partial charge in [0.15, 0.2) is 5.65 Å². The molecule has 7 heteroatoms. The summed E-state index contributed by atoms with van der Waals surface area (Å²) in [6.45, 7) is 0.266. The Balaban J connectivity index is 2.42. The Morgan fingerprint density at radius 2 is 2.16 bits per heavy atom. The van der Waals surface area contributed by atoms with E-state index in [0.29, 0.717) is 11.2 Å². The summed E-state index contributed by atoms with van der Waals surface area (Å²) >= 11 is 0. The van der Waals surface area contributed by atoms with Gasteiger partial charge < -0.3 is 9.84 Å². The van der Waals surface area contributed by atoms with Gasteiger partial charge in [0.05, 0.1) is 5.52 Å². The molecule has 96 valence electrons. The van der Waals surface area contributed by atoms with E-state index in [2.05, 4.69) is 15.2 Å². The highest BCUT2D eigenvalue weighted by Gasteiger charge is 2.16. The molecule has 0 aliphatic carbocycles. The van der Waals surface area contributed by atoms with Crippen molar-refractivity contribution < 1.29 is 14.6 Å². The van der Waals surface area contributed by atoms with Crippen molar-refractivity contribution >= 4 is 28.0 Å². The van der Waals surface area contributed by atoms with Crippen LogP contribution in [0.5, 0.6) is 0 Å². The van der Waals surface area contributed by atoms with E-state index in [-0.39, 0.29) is 12.6 Å². The molecule has 3 aromatic rings. The first kappa shape index (κ1) is 11.5. The molecular formula is C12H10N4O3. The summed E-state index contributed by atoms with van der Waals surface area (Å²) in [7, 11) is 1.56. The molecule has 0 aliphatic rings. The van der Waals surface area contributed by atoms with E-state index in [9.17, 15) is 4.79 Å². The number of nitrogens with zero attached hydrogens (tertiary/aromatic N) is 4. The van der Waals surface area contributed by atoms with Crippen LogP contribution in [0.25, 0.3) is 22.1 Å². The van der Waals surface area contributed by atoms with Gasteiger partial charge in [-0.15, -0.1) is 10.2 Å². The molecule has 0 saturated carbocycles. The zero-order chi connectivity index (χ0) is 13.4. The van der Waals surface area contributed by atoms with Gasteiger partial charge in [0.2, 0.25) is 0 Å². The maximum atomic E-state index is 10.9. The van der Waals surface area contributed by atoms with Crippen molar-refractivity contribution in [1.29, 1.82) is 0 Å². The smallest absolute Gasteiger partial charge is 0.375 e. The van der Waals surface area contributed by atoms with Crippen molar-refractivity contribution in [3.05, 3.63) is 30.1 Å². The van der Waals surface area contributed by atoms with E-state index in [0.717, 1.165) is 10.9 Å². The zero-order valence-electron chi connectivity index (χ0n) is 10.1. The fraction of sp³-hybridized carbons (Fsp3) is 0.167. The molecule has 0 radical (unpaired) electrons. The zero-order valence-corrected chi connectivity index (χ0v) is 10.1. The standard InChI is InChI=1S/C12H10N4O3/c1-19-6-16-8-5-3-2-4-7(8)9-11(16)13-10(12(17)18)15-14-9/h2-5H,6H2,1H3,(H,17,18). The number of ether oxygens (including phenoxy) is 1. The number of carboxylic acids is 1. The highest BCUT2D eigenvalue weighted by molar-refractivity contribution is 6.04. The fourth-order valence-corrected chi connectivity index (χ4v) is 2.05. The predicted molar refractivity (Wildman–Crippen MR) is 66.8 cm³/mol. The Hall–Kier alpha value is -2.54. The largest absolute Gasteiger partial charge is 0.475 e. The Bertz CT molecular complexity index is 781. The third-order valence-electron chi connectivity index (χ3n) is 2.82. The number of carbonyl (C=O) groups is 1. The van der Waals surface area contributed by atoms with E-state index in [1.165, 1.54) is 0 Å². The Morgan fingerprint density at radius 1 is 1.37 bits per heavy atom. The lowest BCUT2D eigenvalue weighted by Crippen LogP contribution is -2.08. The first-order valence-electron chi connectivity index (χ1n) is 5.56. The molecule has 2 aromatic heterocycles. The predicted octanol–water partition coefficient (Wildman–Crippen LogP) is 1.28. The van der Waals surface area contributed by atoms with Crippen LogP contribution >= 0.6 is 0 Å². The minimum absolute atomic E-state index is 0.266. The molecule has 0 spiro atoms. The fourth-order valence-electron chi connectivity index (χ4n) is 2.05. The maximum absolute atomic E-state index is 10.9. The van der Waals surface area contributed by atoms with Gasteiger partial charge in [0.25, 0.3) is 5.82 Å². The van der Waals surface area contributed by atoms with Crippen LogP contribution < -0.4 is 0 Å². The van der Waals surface area contributed by atoms with Crippen LogP contribution in [0, 0.1) is 0 Å². The molecule has 0 unspecified atom stereocenters. The van der Waals surface area contributed by atoms with Crippen LogP contribution in [0.15, 0.2) is 24.3 Å². The number of rotatable bonds is 3. The number of fused-ring (bicyclic) bond motifs is 3. The number of benzene rings is 1. The van der Waals surface area contributed by atoms with Crippen molar-refractivity contribution in [2.45, 2.75) is 6.73 Å². The first-order valence-corrected chi connectivity index (χ1v) is 5.56. The second kappa shape index (κ2) is 4.29. The van der Waals surface area contributed by atoms with Crippen LogP contribution in [0.4, 0.5) is 0 Å². The summed E-state index contributed by atoms with van der Waals surface area (Å²) in [5.41, 5.74) is 1.90. The van der Waals surface area contributed by atoms with Crippen LogP contribution in [0.1, 0.15) is 10.6 Å². The van der Waals surface area contributed by atoms with Gasteiger partial charge >= 0.3 is 5.97 Å². The average Bonchev–Trinajstić information content (AvgIpc) is 2.74.